The Bertz CT molecular complexity index is 1990. The van der Waals surface area contributed by atoms with E-state index in [0.29, 0.717) is 36.9 Å². The highest BCUT2D eigenvalue weighted by Crippen LogP contribution is 2.37. The minimum absolute atomic E-state index is 0.189. The van der Waals surface area contributed by atoms with E-state index < -0.39 is 5.60 Å². The van der Waals surface area contributed by atoms with Gasteiger partial charge in [0.1, 0.15) is 24.5 Å². The first-order valence-electron chi connectivity index (χ1n) is 18.9. The van der Waals surface area contributed by atoms with Gasteiger partial charge in [0.05, 0.1) is 11.1 Å². The molecule has 278 valence electrons. The molecular formula is C43H52N6O4. The van der Waals surface area contributed by atoms with Crippen molar-refractivity contribution in [1.29, 1.82) is 0 Å². The number of carbonyl (C=O) groups excluding carboxylic acids is 1. The molecule has 2 aliphatic heterocycles. The molecule has 2 fully saturated rings. The van der Waals surface area contributed by atoms with Crippen molar-refractivity contribution in [2.75, 3.05) is 44.2 Å². The Morgan fingerprint density at radius 3 is 2.17 bits per heavy atom. The Morgan fingerprint density at radius 2 is 1.51 bits per heavy atom. The van der Waals surface area contributed by atoms with E-state index in [0.717, 1.165) is 85.4 Å². The molecule has 0 aliphatic carbocycles. The van der Waals surface area contributed by atoms with Crippen molar-refractivity contribution in [2.24, 2.45) is 13.0 Å². The fourth-order valence-corrected chi connectivity index (χ4v) is 7.35. The molecule has 0 spiro atoms. The second-order valence-corrected chi connectivity index (χ2v) is 15.4. The Morgan fingerprint density at radius 1 is 0.830 bits per heavy atom. The second-order valence-electron chi connectivity index (χ2n) is 15.4. The van der Waals surface area contributed by atoms with Crippen LogP contribution in [-0.2, 0) is 25.0 Å². The van der Waals surface area contributed by atoms with Crippen LogP contribution in [0, 0.1) is 5.92 Å². The predicted octanol–water partition coefficient (Wildman–Crippen LogP) is 7.95. The fourth-order valence-electron chi connectivity index (χ4n) is 7.35. The Hall–Kier alpha value is -5.09. The molecule has 0 unspecified atom stereocenters. The van der Waals surface area contributed by atoms with Crippen molar-refractivity contribution in [1.82, 2.24) is 24.6 Å². The number of piperazine rings is 1. The van der Waals surface area contributed by atoms with Crippen LogP contribution in [0.1, 0.15) is 51.7 Å². The normalized spacial score (nSPS) is 17.3. The van der Waals surface area contributed by atoms with E-state index in [1.54, 1.807) is 0 Å². The van der Waals surface area contributed by atoms with Crippen molar-refractivity contribution in [3.63, 3.8) is 0 Å². The number of ether oxygens (including phenoxy) is 3. The van der Waals surface area contributed by atoms with Gasteiger partial charge in [-0.05, 0) is 81.8 Å². The number of hydrogen-bond acceptors (Lipinski definition) is 8. The van der Waals surface area contributed by atoms with Crippen LogP contribution in [0.15, 0.2) is 91.0 Å². The van der Waals surface area contributed by atoms with E-state index in [4.69, 9.17) is 24.3 Å². The maximum atomic E-state index is 12.5. The molecule has 10 heteroatoms. The third kappa shape index (κ3) is 8.93. The third-order valence-electron chi connectivity index (χ3n) is 10.3. The average molecular weight is 717 g/mol. The number of amides is 1. The summed E-state index contributed by atoms with van der Waals surface area (Å²) in [6.07, 6.45) is 1.85. The molecule has 2 aliphatic rings. The van der Waals surface area contributed by atoms with Gasteiger partial charge in [-0.15, -0.1) is 0 Å². The number of rotatable bonds is 10. The summed E-state index contributed by atoms with van der Waals surface area (Å²) in [5.74, 6) is 1.58. The van der Waals surface area contributed by atoms with Crippen molar-refractivity contribution in [3.8, 4) is 23.0 Å². The van der Waals surface area contributed by atoms with Crippen LogP contribution >= 0.6 is 0 Å². The lowest BCUT2D eigenvalue weighted by Crippen LogP contribution is -2.54. The molecule has 2 saturated heterocycles. The van der Waals surface area contributed by atoms with Crippen LogP contribution in [0.2, 0.25) is 0 Å². The van der Waals surface area contributed by atoms with E-state index >= 15 is 0 Å². The highest BCUT2D eigenvalue weighted by molar-refractivity contribution is 5.96. The molecule has 0 bridgehead atoms. The topological polar surface area (TPSA) is 85.2 Å². The van der Waals surface area contributed by atoms with Gasteiger partial charge in [0.25, 0.3) is 0 Å². The van der Waals surface area contributed by atoms with E-state index in [-0.39, 0.29) is 6.09 Å². The molecule has 4 heterocycles. The quantitative estimate of drug-likeness (QED) is 0.144. The molecule has 0 saturated carbocycles. The molecule has 2 aromatic heterocycles. The number of hydrogen-bond donors (Lipinski definition) is 0. The first kappa shape index (κ1) is 36.3. The maximum absolute atomic E-state index is 12.5. The average Bonchev–Trinajstić information content (AvgIpc) is 3.49. The number of likely N-dealkylation sites (tertiary alicyclic amines) is 1. The van der Waals surface area contributed by atoms with Crippen LogP contribution in [0.4, 0.5) is 10.5 Å². The van der Waals surface area contributed by atoms with Gasteiger partial charge in [-0.25, -0.2) is 4.79 Å². The van der Waals surface area contributed by atoms with Gasteiger partial charge < -0.3 is 24.0 Å². The number of piperidine rings is 1. The van der Waals surface area contributed by atoms with E-state index in [2.05, 4.69) is 34.9 Å². The van der Waals surface area contributed by atoms with Crippen LogP contribution in [0.5, 0.6) is 11.8 Å². The summed E-state index contributed by atoms with van der Waals surface area (Å²) in [6.45, 7) is 14.4. The van der Waals surface area contributed by atoms with Gasteiger partial charge in [0, 0.05) is 69.5 Å². The number of anilines is 1. The monoisotopic (exact) mass is 716 g/mol. The largest absolute Gasteiger partial charge is 0.473 e. The molecule has 1 atom stereocenters. The summed E-state index contributed by atoms with van der Waals surface area (Å²) in [5, 5.41) is 6.05. The maximum Gasteiger partial charge on any atom is 0.410 e. The zero-order chi connectivity index (χ0) is 37.0. The minimum Gasteiger partial charge on any atom is -0.473 e. The Kier molecular flexibility index (Phi) is 10.9. The van der Waals surface area contributed by atoms with Crippen LogP contribution in [0.3, 0.4) is 0 Å². The highest BCUT2D eigenvalue weighted by Gasteiger charge is 2.31. The molecule has 3 aromatic carbocycles. The zero-order valence-corrected chi connectivity index (χ0v) is 31.7. The Labute approximate surface area is 313 Å². The second kappa shape index (κ2) is 15.9. The van der Waals surface area contributed by atoms with Gasteiger partial charge in [0.15, 0.2) is 0 Å². The van der Waals surface area contributed by atoms with Gasteiger partial charge in [-0.2, -0.15) is 10.1 Å². The van der Waals surface area contributed by atoms with E-state index in [9.17, 15) is 4.79 Å². The lowest BCUT2D eigenvalue weighted by atomic mass is 9.95. The van der Waals surface area contributed by atoms with E-state index in [1.165, 1.54) is 5.69 Å². The molecule has 5 aromatic rings. The third-order valence-corrected chi connectivity index (χ3v) is 10.3. The van der Waals surface area contributed by atoms with Gasteiger partial charge in [-0.1, -0.05) is 60.7 Å². The summed E-state index contributed by atoms with van der Waals surface area (Å²) in [7, 11) is 2.00. The lowest BCUT2D eigenvalue weighted by Gasteiger charge is -2.43. The number of fused-ring (bicyclic) bond motifs is 1. The SMILES string of the molecule is C[C@H]1CN(c2ccc3c(-c4ccc(OCc5ccccc5)nc4OCc4ccccc4)nn(C)c3c2)CCN1CC1CCN(C(=O)OC(C)(C)C)CC1. The minimum atomic E-state index is -0.462. The standard InChI is InChI=1S/C43H52N6O4/c1-31-27-49(25-24-48(31)28-32-20-22-47(23-21-32)42(50)53-43(2,3)4)35-16-17-36-38(26-35)46(5)45-40(36)37-18-19-39(51-29-33-12-8-6-9-13-33)44-41(37)52-30-34-14-10-7-11-15-34/h6-19,26,31-32H,20-25,27-30H2,1-5H3/t31-/m0/s1. The molecule has 10 nitrogen and oxygen atoms in total. The van der Waals surface area contributed by atoms with Crippen LogP contribution in [0.25, 0.3) is 22.2 Å². The number of carbonyl (C=O) groups is 1. The molecule has 7 rings (SSSR count). The van der Waals surface area contributed by atoms with Crippen molar-refractivity contribution in [3.05, 3.63) is 102 Å². The summed E-state index contributed by atoms with van der Waals surface area (Å²) in [5.41, 5.74) is 5.58. The molecule has 1 amide bonds. The first-order chi connectivity index (χ1) is 25.6. The summed E-state index contributed by atoms with van der Waals surface area (Å²) < 4.78 is 20.0. The summed E-state index contributed by atoms with van der Waals surface area (Å²) >= 11 is 0. The smallest absolute Gasteiger partial charge is 0.410 e. The molecular weight excluding hydrogens is 665 g/mol. The highest BCUT2D eigenvalue weighted by atomic mass is 16.6. The Balaban J connectivity index is 1.03. The van der Waals surface area contributed by atoms with Gasteiger partial charge >= 0.3 is 6.09 Å². The number of aryl methyl sites for hydroxylation is 1. The van der Waals surface area contributed by atoms with Crippen molar-refractivity contribution < 1.29 is 19.0 Å². The molecule has 0 N–H and O–H groups in total. The number of nitrogens with zero attached hydrogens (tertiary/aromatic N) is 6. The lowest BCUT2D eigenvalue weighted by molar-refractivity contribution is 0.0161. The fraction of sp³-hybridized carbons (Fsp3) is 0.419. The first-order valence-corrected chi connectivity index (χ1v) is 18.9. The number of benzene rings is 3. The zero-order valence-electron chi connectivity index (χ0n) is 31.7. The van der Waals surface area contributed by atoms with Crippen LogP contribution in [-0.4, -0.2) is 81.6 Å². The van der Waals surface area contributed by atoms with Gasteiger partial charge in [-0.3, -0.25) is 9.58 Å². The number of aromatic nitrogens is 3. The molecule has 0 radical (unpaired) electrons. The van der Waals surface area contributed by atoms with Crippen LogP contribution < -0.4 is 14.4 Å². The molecule has 53 heavy (non-hydrogen) atoms. The number of pyridine rings is 1. The summed E-state index contributed by atoms with van der Waals surface area (Å²) in [4.78, 5) is 24.4. The van der Waals surface area contributed by atoms with Gasteiger partial charge in [0.2, 0.25) is 11.8 Å². The van der Waals surface area contributed by atoms with Crippen molar-refractivity contribution >= 4 is 22.7 Å². The predicted molar refractivity (Wildman–Crippen MR) is 209 cm³/mol. The summed E-state index contributed by atoms with van der Waals surface area (Å²) in [6, 6.07) is 31.2. The van der Waals surface area contributed by atoms with E-state index in [1.807, 2.05) is 110 Å². The van der Waals surface area contributed by atoms with Crippen molar-refractivity contribution in [2.45, 2.75) is 65.4 Å².